The molecule has 1 aromatic carbocycles. The van der Waals surface area contributed by atoms with Gasteiger partial charge in [-0.05, 0) is 12.1 Å². The van der Waals surface area contributed by atoms with Crippen LogP contribution >= 0.6 is 0 Å². The van der Waals surface area contributed by atoms with E-state index in [-0.39, 0.29) is 0 Å². The lowest BCUT2D eigenvalue weighted by atomic mass is 10.0. The van der Waals surface area contributed by atoms with Gasteiger partial charge in [-0.3, -0.25) is 0 Å². The first-order valence-electron chi connectivity index (χ1n) is 6.46. The summed E-state index contributed by atoms with van der Waals surface area (Å²) in [5, 5.41) is 42.7. The second-order valence-corrected chi connectivity index (χ2v) is 4.73. The number of hydrogen-bond donors (Lipinski definition) is 6. The molecule has 0 aliphatic carbocycles. The van der Waals surface area contributed by atoms with Gasteiger partial charge < -0.3 is 35.8 Å². The van der Waals surface area contributed by atoms with Gasteiger partial charge in [-0.25, -0.2) is 4.79 Å². The number of aliphatic hydroxyl groups is 4. The van der Waals surface area contributed by atoms with Crippen molar-refractivity contribution in [1.82, 2.24) is 5.32 Å². The molecule has 0 spiro atoms. The van der Waals surface area contributed by atoms with Crippen LogP contribution in [0.2, 0.25) is 0 Å². The van der Waals surface area contributed by atoms with E-state index in [0.29, 0.717) is 5.69 Å². The minimum Gasteiger partial charge on any atom is -0.394 e. The lowest BCUT2D eigenvalue weighted by Gasteiger charge is -2.24. The number of para-hydroxylation sites is 1. The lowest BCUT2D eigenvalue weighted by Crippen LogP contribution is -2.51. The Morgan fingerprint density at radius 3 is 2.38 bits per heavy atom. The van der Waals surface area contributed by atoms with Crippen LogP contribution in [0.1, 0.15) is 0 Å². The van der Waals surface area contributed by atoms with Crippen LogP contribution in [0.4, 0.5) is 10.5 Å². The largest absolute Gasteiger partial charge is 0.394 e. The van der Waals surface area contributed by atoms with Crippen molar-refractivity contribution in [3.05, 3.63) is 30.3 Å². The maximum absolute atomic E-state index is 11.8. The standard InChI is InChI=1S/C13H18N2O6/c16-6-8(11-9(17)10(18)12(19)21-11)15-13(20)14-7-4-2-1-3-5-7/h1-5,8-12,16-19H,6H2,(H2,14,15,20)/t8-,9-,10+,11-,12-/m0/s1. The lowest BCUT2D eigenvalue weighted by molar-refractivity contribution is -0.133. The number of benzene rings is 1. The van der Waals surface area contributed by atoms with E-state index >= 15 is 0 Å². The molecule has 0 bridgehead atoms. The zero-order valence-corrected chi connectivity index (χ0v) is 11.1. The zero-order chi connectivity index (χ0) is 15.4. The molecule has 8 nitrogen and oxygen atoms in total. The third-order valence-corrected chi connectivity index (χ3v) is 3.22. The summed E-state index contributed by atoms with van der Waals surface area (Å²) in [6, 6.07) is 7.07. The molecule has 1 aliphatic heterocycles. The first-order valence-corrected chi connectivity index (χ1v) is 6.46. The molecule has 6 N–H and O–H groups in total. The molecule has 1 saturated heterocycles. The summed E-state index contributed by atoms with van der Waals surface area (Å²) in [6.45, 7) is -0.524. The number of carbonyl (C=O) groups excluding carboxylic acids is 1. The van der Waals surface area contributed by atoms with Crippen LogP contribution < -0.4 is 10.6 Å². The van der Waals surface area contributed by atoms with E-state index in [1.54, 1.807) is 30.3 Å². The summed E-state index contributed by atoms with van der Waals surface area (Å²) >= 11 is 0. The predicted molar refractivity (Wildman–Crippen MR) is 72.4 cm³/mol. The van der Waals surface area contributed by atoms with Crippen LogP contribution in [-0.2, 0) is 4.74 Å². The van der Waals surface area contributed by atoms with Crippen molar-refractivity contribution >= 4 is 11.7 Å². The van der Waals surface area contributed by atoms with Crippen LogP contribution in [0.5, 0.6) is 0 Å². The normalized spacial score (nSPS) is 29.9. The van der Waals surface area contributed by atoms with Crippen molar-refractivity contribution in [2.45, 2.75) is 30.6 Å². The highest BCUT2D eigenvalue weighted by Gasteiger charge is 2.45. The number of nitrogens with one attached hydrogen (secondary N) is 2. The molecule has 2 amide bonds. The first-order chi connectivity index (χ1) is 10.0. The van der Waals surface area contributed by atoms with Crippen molar-refractivity contribution in [2.24, 2.45) is 0 Å². The molecule has 21 heavy (non-hydrogen) atoms. The second-order valence-electron chi connectivity index (χ2n) is 4.73. The summed E-state index contributed by atoms with van der Waals surface area (Å²) in [4.78, 5) is 11.8. The van der Waals surface area contributed by atoms with E-state index in [0.717, 1.165) is 0 Å². The molecule has 1 aromatic rings. The first kappa shape index (κ1) is 15.7. The van der Waals surface area contributed by atoms with Crippen molar-refractivity contribution in [3.63, 3.8) is 0 Å². The van der Waals surface area contributed by atoms with Gasteiger partial charge in [-0.15, -0.1) is 0 Å². The van der Waals surface area contributed by atoms with Crippen molar-refractivity contribution in [3.8, 4) is 0 Å². The monoisotopic (exact) mass is 298 g/mol. The van der Waals surface area contributed by atoms with Gasteiger partial charge in [0.2, 0.25) is 0 Å². The predicted octanol–water partition coefficient (Wildman–Crippen LogP) is -1.39. The molecule has 0 aromatic heterocycles. The number of carbonyl (C=O) groups is 1. The van der Waals surface area contributed by atoms with E-state index in [1.807, 2.05) is 0 Å². The van der Waals surface area contributed by atoms with E-state index in [2.05, 4.69) is 10.6 Å². The number of anilines is 1. The second kappa shape index (κ2) is 6.83. The third-order valence-electron chi connectivity index (χ3n) is 3.22. The zero-order valence-electron chi connectivity index (χ0n) is 11.1. The van der Waals surface area contributed by atoms with Gasteiger partial charge in [-0.2, -0.15) is 0 Å². The minimum atomic E-state index is -1.56. The van der Waals surface area contributed by atoms with Gasteiger partial charge in [0.25, 0.3) is 0 Å². The smallest absolute Gasteiger partial charge is 0.319 e. The van der Waals surface area contributed by atoms with Crippen molar-refractivity contribution in [1.29, 1.82) is 0 Å². The average molecular weight is 298 g/mol. The molecule has 1 aliphatic rings. The highest BCUT2D eigenvalue weighted by atomic mass is 16.6. The van der Waals surface area contributed by atoms with Gasteiger partial charge in [0.15, 0.2) is 6.29 Å². The number of ether oxygens (including phenoxy) is 1. The molecule has 0 saturated carbocycles. The van der Waals surface area contributed by atoms with Gasteiger partial charge in [0.05, 0.1) is 12.6 Å². The Morgan fingerprint density at radius 2 is 1.86 bits per heavy atom. The van der Waals surface area contributed by atoms with Crippen LogP contribution in [0.25, 0.3) is 0 Å². The summed E-state index contributed by atoms with van der Waals surface area (Å²) in [5.74, 6) is 0. The molecule has 116 valence electrons. The molecule has 2 rings (SSSR count). The molecular weight excluding hydrogens is 280 g/mol. The molecule has 1 heterocycles. The topological polar surface area (TPSA) is 131 Å². The van der Waals surface area contributed by atoms with Crippen LogP contribution in [0.15, 0.2) is 30.3 Å². The average Bonchev–Trinajstić information content (AvgIpc) is 2.73. The Kier molecular flexibility index (Phi) is 5.10. The fourth-order valence-electron chi connectivity index (χ4n) is 2.11. The van der Waals surface area contributed by atoms with Crippen molar-refractivity contribution < 1.29 is 30.0 Å². The molecule has 0 unspecified atom stereocenters. The third kappa shape index (κ3) is 3.69. The summed E-state index contributed by atoms with van der Waals surface area (Å²) < 4.78 is 4.94. The highest BCUT2D eigenvalue weighted by molar-refractivity contribution is 5.89. The van der Waals surface area contributed by atoms with Gasteiger partial charge >= 0.3 is 6.03 Å². The number of amides is 2. The minimum absolute atomic E-state index is 0.524. The summed E-state index contributed by atoms with van der Waals surface area (Å²) in [7, 11) is 0. The van der Waals surface area contributed by atoms with Crippen LogP contribution in [0.3, 0.4) is 0 Å². The molecular formula is C13H18N2O6. The molecule has 8 heteroatoms. The van der Waals surface area contributed by atoms with Gasteiger partial charge in [0, 0.05) is 5.69 Å². The maximum Gasteiger partial charge on any atom is 0.319 e. The van der Waals surface area contributed by atoms with E-state index in [1.165, 1.54) is 0 Å². The Hall–Kier alpha value is -1.71. The Morgan fingerprint density at radius 1 is 1.19 bits per heavy atom. The maximum atomic E-state index is 11.8. The van der Waals surface area contributed by atoms with Gasteiger partial charge in [-0.1, -0.05) is 18.2 Å². The fraction of sp³-hybridized carbons (Fsp3) is 0.462. The van der Waals surface area contributed by atoms with Crippen LogP contribution in [-0.4, -0.2) is 63.7 Å². The van der Waals surface area contributed by atoms with E-state index in [4.69, 9.17) is 4.74 Å². The summed E-state index contributed by atoms with van der Waals surface area (Å²) in [5.41, 5.74) is 0.555. The quantitative estimate of drug-likeness (QED) is 0.405. The molecule has 1 fully saturated rings. The summed E-state index contributed by atoms with van der Waals surface area (Å²) in [6.07, 6.45) is -5.56. The van der Waals surface area contributed by atoms with Crippen LogP contribution in [0, 0.1) is 0 Å². The Bertz CT molecular complexity index is 471. The van der Waals surface area contributed by atoms with Gasteiger partial charge in [0.1, 0.15) is 18.3 Å². The number of urea groups is 1. The molecule has 0 radical (unpaired) electrons. The van der Waals surface area contributed by atoms with E-state index in [9.17, 15) is 25.2 Å². The fourth-order valence-corrected chi connectivity index (χ4v) is 2.11. The molecule has 5 atom stereocenters. The Balaban J connectivity index is 1.95. The Labute approximate surface area is 121 Å². The SMILES string of the molecule is O=C(Nc1ccccc1)N[C@@H](CO)[C@@H]1O[C@H](O)[C@H](O)[C@@H]1O. The number of aliphatic hydroxyl groups excluding tert-OH is 4. The van der Waals surface area contributed by atoms with Crippen molar-refractivity contribution in [2.75, 3.05) is 11.9 Å². The number of hydrogen-bond acceptors (Lipinski definition) is 6. The number of rotatable bonds is 4. The van der Waals surface area contributed by atoms with E-state index < -0.39 is 43.3 Å². The highest BCUT2D eigenvalue weighted by Crippen LogP contribution is 2.22.